The number of amides is 1. The number of rotatable bonds is 9. The number of anilines is 1. The van der Waals surface area contributed by atoms with E-state index >= 15 is 0 Å². The van der Waals surface area contributed by atoms with Gasteiger partial charge in [0.15, 0.2) is 0 Å². The summed E-state index contributed by atoms with van der Waals surface area (Å²) in [6, 6.07) is 4.68. The average Bonchev–Trinajstić information content (AvgIpc) is 2.46. The van der Waals surface area contributed by atoms with Gasteiger partial charge in [0, 0.05) is 6.07 Å². The van der Waals surface area contributed by atoms with Gasteiger partial charge in [0.1, 0.15) is 11.7 Å². The van der Waals surface area contributed by atoms with Gasteiger partial charge in [0.05, 0.1) is 11.3 Å². The Morgan fingerprint density at radius 3 is 2.52 bits per heavy atom. The summed E-state index contributed by atoms with van der Waals surface area (Å²) in [5, 5.41) is 25.2. The third kappa shape index (κ3) is 6.43. The summed E-state index contributed by atoms with van der Waals surface area (Å²) in [7, 11) is 0. The van der Waals surface area contributed by atoms with E-state index in [9.17, 15) is 19.7 Å². The highest BCUT2D eigenvalue weighted by atomic mass is 16.6. The largest absolute Gasteiger partial charge is 0.480 e. The molecule has 23 heavy (non-hydrogen) atoms. The molecule has 3 N–H and O–H groups in total. The third-order valence-electron chi connectivity index (χ3n) is 3.17. The average molecular weight is 323 g/mol. The van der Waals surface area contributed by atoms with Crippen LogP contribution in [0.2, 0.25) is 0 Å². The number of nitro groups is 1. The molecule has 1 aromatic carbocycles. The number of carboxylic acids is 1. The molecule has 0 spiro atoms. The van der Waals surface area contributed by atoms with Gasteiger partial charge in [-0.1, -0.05) is 26.0 Å². The molecule has 0 aliphatic rings. The molecule has 0 saturated carbocycles. The molecular weight excluding hydrogens is 302 g/mol. The summed E-state index contributed by atoms with van der Waals surface area (Å²) in [6.07, 6.45) is 0.481. The van der Waals surface area contributed by atoms with E-state index in [1.54, 1.807) is 6.07 Å². The van der Waals surface area contributed by atoms with Crippen LogP contribution in [-0.2, 0) is 9.59 Å². The molecule has 8 nitrogen and oxygen atoms in total. The van der Waals surface area contributed by atoms with E-state index in [-0.39, 0.29) is 17.8 Å². The molecule has 0 aliphatic carbocycles. The molecule has 126 valence electrons. The van der Waals surface area contributed by atoms with Gasteiger partial charge in [-0.25, -0.2) is 0 Å². The second-order valence-corrected chi connectivity index (χ2v) is 5.55. The van der Waals surface area contributed by atoms with Gasteiger partial charge < -0.3 is 15.7 Å². The van der Waals surface area contributed by atoms with Crippen LogP contribution in [0, 0.1) is 16.0 Å². The summed E-state index contributed by atoms with van der Waals surface area (Å²) in [6.45, 7) is 4.50. The van der Waals surface area contributed by atoms with Gasteiger partial charge in [-0.15, -0.1) is 0 Å². The number of hydrogen-bond donors (Lipinski definition) is 3. The van der Waals surface area contributed by atoms with Crippen LogP contribution in [0.4, 0.5) is 11.4 Å². The lowest BCUT2D eigenvalue weighted by Crippen LogP contribution is -2.40. The van der Waals surface area contributed by atoms with Crippen LogP contribution in [0.15, 0.2) is 24.3 Å². The number of carbonyl (C=O) groups excluding carboxylic acids is 1. The van der Waals surface area contributed by atoms with Crippen molar-refractivity contribution in [3.05, 3.63) is 34.4 Å². The van der Waals surface area contributed by atoms with Crippen LogP contribution >= 0.6 is 0 Å². The number of nitrogens with zero attached hydrogens (tertiary/aromatic N) is 1. The Bertz CT molecular complexity index is 574. The summed E-state index contributed by atoms with van der Waals surface area (Å²) >= 11 is 0. The quantitative estimate of drug-likeness (QED) is 0.472. The molecule has 1 aromatic rings. The number of hydrogen-bond acceptors (Lipinski definition) is 5. The first-order valence-corrected chi connectivity index (χ1v) is 7.30. The molecule has 0 aliphatic heterocycles. The monoisotopic (exact) mass is 323 g/mol. The molecule has 8 heteroatoms. The van der Waals surface area contributed by atoms with E-state index in [4.69, 9.17) is 5.11 Å². The van der Waals surface area contributed by atoms with Gasteiger partial charge in [0.25, 0.3) is 5.69 Å². The van der Waals surface area contributed by atoms with Crippen LogP contribution in [0.5, 0.6) is 0 Å². The van der Waals surface area contributed by atoms with E-state index in [0.717, 1.165) is 6.42 Å². The number of carboxylic acid groups (broad SMARTS) is 1. The molecule has 0 fully saturated rings. The molecule has 0 radical (unpaired) electrons. The maximum absolute atomic E-state index is 12.0. The molecule has 0 bridgehead atoms. The highest BCUT2D eigenvalue weighted by Gasteiger charge is 2.22. The summed E-state index contributed by atoms with van der Waals surface area (Å²) < 4.78 is 0. The van der Waals surface area contributed by atoms with Crippen molar-refractivity contribution in [1.29, 1.82) is 0 Å². The molecule has 0 saturated heterocycles. The van der Waals surface area contributed by atoms with E-state index in [1.807, 2.05) is 13.8 Å². The first-order chi connectivity index (χ1) is 10.8. The smallest absolute Gasteiger partial charge is 0.321 e. The van der Waals surface area contributed by atoms with Crippen LogP contribution in [0.25, 0.3) is 0 Å². The Kier molecular flexibility index (Phi) is 7.14. The lowest BCUT2D eigenvalue weighted by Gasteiger charge is -2.15. The minimum Gasteiger partial charge on any atom is -0.480 e. The molecular formula is C15H21N3O5. The molecule has 1 unspecified atom stereocenters. The van der Waals surface area contributed by atoms with E-state index in [1.165, 1.54) is 18.2 Å². The topological polar surface area (TPSA) is 122 Å². The highest BCUT2D eigenvalue weighted by Crippen LogP contribution is 2.23. The molecule has 0 heterocycles. The number of nitro benzene ring substituents is 1. The predicted molar refractivity (Wildman–Crippen MR) is 85.2 cm³/mol. The molecule has 1 atom stereocenters. The Labute approximate surface area is 134 Å². The SMILES string of the molecule is CC(C)CCNC(CC(=O)Nc1ccccc1[N+](=O)[O-])C(=O)O. The third-order valence-corrected chi connectivity index (χ3v) is 3.17. The van der Waals surface area contributed by atoms with E-state index in [2.05, 4.69) is 10.6 Å². The van der Waals surface area contributed by atoms with Gasteiger partial charge >= 0.3 is 5.97 Å². The second-order valence-electron chi connectivity index (χ2n) is 5.55. The first kappa shape index (κ1) is 18.6. The predicted octanol–water partition coefficient (Wildman–Crippen LogP) is 2.01. The Balaban J connectivity index is 2.66. The Morgan fingerprint density at radius 1 is 1.30 bits per heavy atom. The number of nitrogens with one attached hydrogen (secondary N) is 2. The zero-order valence-electron chi connectivity index (χ0n) is 13.1. The van der Waals surface area contributed by atoms with Crippen LogP contribution < -0.4 is 10.6 Å². The van der Waals surface area contributed by atoms with Crippen molar-refractivity contribution in [3.8, 4) is 0 Å². The zero-order chi connectivity index (χ0) is 17.4. The maximum Gasteiger partial charge on any atom is 0.321 e. The van der Waals surface area contributed by atoms with Crippen molar-refractivity contribution < 1.29 is 19.6 Å². The van der Waals surface area contributed by atoms with E-state index < -0.39 is 22.8 Å². The molecule has 1 amide bonds. The van der Waals surface area contributed by atoms with Crippen LogP contribution in [-0.4, -0.2) is 34.5 Å². The van der Waals surface area contributed by atoms with Gasteiger partial charge in [-0.3, -0.25) is 19.7 Å². The fourth-order valence-corrected chi connectivity index (χ4v) is 1.92. The van der Waals surface area contributed by atoms with Crippen molar-refractivity contribution in [3.63, 3.8) is 0 Å². The Morgan fingerprint density at radius 2 is 1.96 bits per heavy atom. The summed E-state index contributed by atoms with van der Waals surface area (Å²) in [5.41, 5.74) is -0.186. The second kappa shape index (κ2) is 8.84. The molecule has 1 rings (SSSR count). The van der Waals surface area contributed by atoms with Crippen molar-refractivity contribution in [1.82, 2.24) is 5.32 Å². The summed E-state index contributed by atoms with van der Waals surface area (Å²) in [5.74, 6) is -1.31. The first-order valence-electron chi connectivity index (χ1n) is 7.30. The van der Waals surface area contributed by atoms with Crippen molar-refractivity contribution >= 4 is 23.3 Å². The highest BCUT2D eigenvalue weighted by molar-refractivity contribution is 5.95. The van der Waals surface area contributed by atoms with Gasteiger partial charge in [0.2, 0.25) is 5.91 Å². The fraction of sp³-hybridized carbons (Fsp3) is 0.467. The number of para-hydroxylation sites is 2. The van der Waals surface area contributed by atoms with Crippen LogP contribution in [0.3, 0.4) is 0 Å². The van der Waals surface area contributed by atoms with E-state index in [0.29, 0.717) is 12.5 Å². The number of benzene rings is 1. The summed E-state index contributed by atoms with van der Waals surface area (Å²) in [4.78, 5) is 33.4. The minimum absolute atomic E-state index is 0.0498. The zero-order valence-corrected chi connectivity index (χ0v) is 13.1. The van der Waals surface area contributed by atoms with Gasteiger partial charge in [-0.2, -0.15) is 0 Å². The van der Waals surface area contributed by atoms with Crippen molar-refractivity contribution in [2.24, 2.45) is 5.92 Å². The fourth-order valence-electron chi connectivity index (χ4n) is 1.92. The Hall–Kier alpha value is -2.48. The normalized spacial score (nSPS) is 12.0. The van der Waals surface area contributed by atoms with Crippen molar-refractivity contribution in [2.45, 2.75) is 32.7 Å². The lowest BCUT2D eigenvalue weighted by molar-refractivity contribution is -0.383. The van der Waals surface area contributed by atoms with Crippen molar-refractivity contribution in [2.75, 3.05) is 11.9 Å². The maximum atomic E-state index is 12.0. The van der Waals surface area contributed by atoms with Gasteiger partial charge in [-0.05, 0) is 24.9 Å². The van der Waals surface area contributed by atoms with Crippen LogP contribution in [0.1, 0.15) is 26.7 Å². The standard InChI is InChI=1S/C15H21N3O5/c1-10(2)7-8-16-12(15(20)21)9-14(19)17-11-5-3-4-6-13(11)18(22)23/h3-6,10,12,16H,7-9H2,1-2H3,(H,17,19)(H,20,21). The molecule has 0 aromatic heterocycles. The number of aliphatic carboxylic acids is 1. The lowest BCUT2D eigenvalue weighted by atomic mass is 10.1. The minimum atomic E-state index is -1.13. The number of carbonyl (C=O) groups is 2.